The maximum Gasteiger partial charge on any atom is 0.132 e. The van der Waals surface area contributed by atoms with Crippen LogP contribution in [0.4, 0.5) is 0 Å². The Morgan fingerprint density at radius 2 is 2.17 bits per heavy atom. The van der Waals surface area contributed by atoms with E-state index in [-0.39, 0.29) is 6.10 Å². The molecular formula is C7H16O4P-. The molecule has 0 amide bonds. The van der Waals surface area contributed by atoms with Gasteiger partial charge in [-0.2, -0.15) is 0 Å². The Hall–Kier alpha value is 0.110. The molecule has 0 fully saturated rings. The van der Waals surface area contributed by atoms with Crippen molar-refractivity contribution in [1.29, 1.82) is 0 Å². The number of ether oxygens (including phenoxy) is 1. The van der Waals surface area contributed by atoms with Gasteiger partial charge in [-0.25, -0.2) is 0 Å². The summed E-state index contributed by atoms with van der Waals surface area (Å²) in [5.41, 5.74) is 0. The summed E-state index contributed by atoms with van der Waals surface area (Å²) in [4.78, 5) is 10.7. The number of methoxy groups -OCH3 is 1. The van der Waals surface area contributed by atoms with Crippen LogP contribution in [0.5, 0.6) is 0 Å². The van der Waals surface area contributed by atoms with Crippen molar-refractivity contribution >= 4 is 7.60 Å². The Morgan fingerprint density at radius 1 is 1.58 bits per heavy atom. The van der Waals surface area contributed by atoms with Crippen LogP contribution in [0.25, 0.3) is 0 Å². The summed E-state index contributed by atoms with van der Waals surface area (Å²) in [7, 11) is -2.09. The monoisotopic (exact) mass is 195 g/mol. The first-order valence-electron chi connectivity index (χ1n) is 3.95. The van der Waals surface area contributed by atoms with Gasteiger partial charge >= 0.3 is 0 Å². The van der Waals surface area contributed by atoms with E-state index in [1.165, 1.54) is 7.11 Å². The molecule has 0 spiro atoms. The molecule has 0 aromatic carbocycles. The van der Waals surface area contributed by atoms with Crippen molar-refractivity contribution in [2.24, 2.45) is 0 Å². The first kappa shape index (κ1) is 12.1. The van der Waals surface area contributed by atoms with Crippen molar-refractivity contribution in [3.63, 3.8) is 0 Å². The maximum absolute atomic E-state index is 10.7. The predicted molar refractivity (Wildman–Crippen MR) is 45.2 cm³/mol. The SMILES string of the molecule is CCCC(COC)OP(C)(=O)[O-]. The molecule has 0 bridgehead atoms. The van der Waals surface area contributed by atoms with Crippen LogP contribution in [0, 0.1) is 0 Å². The second kappa shape index (κ2) is 5.70. The van der Waals surface area contributed by atoms with Crippen LogP contribution in [0.2, 0.25) is 0 Å². The van der Waals surface area contributed by atoms with Crippen molar-refractivity contribution in [1.82, 2.24) is 0 Å². The van der Waals surface area contributed by atoms with E-state index in [4.69, 9.17) is 9.26 Å². The van der Waals surface area contributed by atoms with Gasteiger partial charge in [-0.3, -0.25) is 0 Å². The van der Waals surface area contributed by atoms with Crippen LogP contribution >= 0.6 is 7.60 Å². The summed E-state index contributed by atoms with van der Waals surface area (Å²) in [5.74, 6) is 0. The highest BCUT2D eigenvalue weighted by Gasteiger charge is 2.11. The molecule has 12 heavy (non-hydrogen) atoms. The van der Waals surface area contributed by atoms with Crippen molar-refractivity contribution in [3.8, 4) is 0 Å². The molecule has 0 aromatic heterocycles. The highest BCUT2D eigenvalue weighted by atomic mass is 31.2. The largest absolute Gasteiger partial charge is 0.779 e. The topological polar surface area (TPSA) is 58.6 Å². The quantitative estimate of drug-likeness (QED) is 0.593. The number of rotatable bonds is 6. The van der Waals surface area contributed by atoms with Crippen molar-refractivity contribution < 1.29 is 18.7 Å². The minimum atomic E-state index is -3.61. The molecule has 2 atom stereocenters. The van der Waals surface area contributed by atoms with E-state index in [0.717, 1.165) is 13.1 Å². The predicted octanol–water partition coefficient (Wildman–Crippen LogP) is 1.00. The molecule has 0 aliphatic rings. The standard InChI is InChI=1S/C7H17O4P/c1-4-5-7(6-10-2)11-12(3,8)9/h7H,4-6H2,1-3H3,(H,8,9)/p-1. The molecule has 0 rings (SSSR count). The third-order valence-corrected chi connectivity index (χ3v) is 1.98. The van der Waals surface area contributed by atoms with Gasteiger partial charge in [0.15, 0.2) is 0 Å². The molecule has 0 heterocycles. The van der Waals surface area contributed by atoms with Crippen LogP contribution in [-0.4, -0.2) is 26.5 Å². The van der Waals surface area contributed by atoms with Crippen LogP contribution in [-0.2, 0) is 13.8 Å². The third kappa shape index (κ3) is 6.80. The lowest BCUT2D eigenvalue weighted by atomic mass is 10.2. The van der Waals surface area contributed by atoms with Crippen molar-refractivity contribution in [3.05, 3.63) is 0 Å². The number of hydrogen-bond acceptors (Lipinski definition) is 4. The average Bonchev–Trinajstić information content (AvgIpc) is 1.84. The molecule has 0 aliphatic heterocycles. The lowest BCUT2D eigenvalue weighted by Gasteiger charge is -2.24. The molecule has 4 nitrogen and oxygen atoms in total. The first-order valence-corrected chi connectivity index (χ1v) is 5.94. The molecule has 0 aromatic rings. The van der Waals surface area contributed by atoms with Gasteiger partial charge in [0.05, 0.1) is 12.7 Å². The van der Waals surface area contributed by atoms with Gasteiger partial charge < -0.3 is 18.7 Å². The Balaban J connectivity index is 3.86. The van der Waals surface area contributed by atoms with Gasteiger partial charge in [0.1, 0.15) is 7.60 Å². The van der Waals surface area contributed by atoms with E-state index in [2.05, 4.69) is 0 Å². The Labute approximate surface area is 73.4 Å². The van der Waals surface area contributed by atoms with E-state index in [9.17, 15) is 9.46 Å². The fraction of sp³-hybridized carbons (Fsp3) is 1.00. The van der Waals surface area contributed by atoms with E-state index >= 15 is 0 Å². The summed E-state index contributed by atoms with van der Waals surface area (Å²) in [6, 6.07) is 0. The summed E-state index contributed by atoms with van der Waals surface area (Å²) in [6.07, 6.45) is 1.26. The van der Waals surface area contributed by atoms with E-state index in [0.29, 0.717) is 13.0 Å². The van der Waals surface area contributed by atoms with Crippen LogP contribution in [0.1, 0.15) is 19.8 Å². The van der Waals surface area contributed by atoms with E-state index in [1.54, 1.807) is 0 Å². The summed E-state index contributed by atoms with van der Waals surface area (Å²) in [6.45, 7) is 3.37. The Kier molecular flexibility index (Phi) is 5.76. The Bertz CT molecular complexity index is 147. The van der Waals surface area contributed by atoms with Gasteiger partial charge in [0.25, 0.3) is 0 Å². The lowest BCUT2D eigenvalue weighted by Crippen LogP contribution is -2.20. The highest BCUT2D eigenvalue weighted by Crippen LogP contribution is 2.34. The minimum Gasteiger partial charge on any atom is -0.779 e. The molecule has 0 N–H and O–H groups in total. The molecule has 0 aliphatic carbocycles. The molecule has 0 radical (unpaired) electrons. The van der Waals surface area contributed by atoms with Gasteiger partial charge in [0, 0.05) is 13.8 Å². The summed E-state index contributed by atoms with van der Waals surface area (Å²) < 4.78 is 20.4. The van der Waals surface area contributed by atoms with Gasteiger partial charge in [-0.05, 0) is 6.42 Å². The highest BCUT2D eigenvalue weighted by molar-refractivity contribution is 7.50. The zero-order valence-corrected chi connectivity index (χ0v) is 8.67. The van der Waals surface area contributed by atoms with Gasteiger partial charge in [0.2, 0.25) is 0 Å². The average molecular weight is 195 g/mol. The van der Waals surface area contributed by atoms with Crippen LogP contribution < -0.4 is 4.89 Å². The molecule has 2 unspecified atom stereocenters. The number of hydrogen-bond donors (Lipinski definition) is 0. The molecule has 74 valence electrons. The fourth-order valence-corrected chi connectivity index (χ4v) is 1.65. The van der Waals surface area contributed by atoms with Crippen molar-refractivity contribution in [2.45, 2.75) is 25.9 Å². The van der Waals surface area contributed by atoms with E-state index in [1.807, 2.05) is 6.92 Å². The fourth-order valence-electron chi connectivity index (χ4n) is 0.945. The molecule has 0 saturated carbocycles. The van der Waals surface area contributed by atoms with E-state index < -0.39 is 7.60 Å². The van der Waals surface area contributed by atoms with Crippen LogP contribution in [0.15, 0.2) is 0 Å². The minimum absolute atomic E-state index is 0.326. The second-order valence-corrected chi connectivity index (χ2v) is 4.50. The molecular weight excluding hydrogens is 179 g/mol. The second-order valence-electron chi connectivity index (χ2n) is 2.74. The maximum atomic E-state index is 10.7. The zero-order chi connectivity index (χ0) is 9.61. The lowest BCUT2D eigenvalue weighted by molar-refractivity contribution is -0.202. The van der Waals surface area contributed by atoms with Gasteiger partial charge in [-0.1, -0.05) is 13.3 Å². The molecule has 5 heteroatoms. The van der Waals surface area contributed by atoms with Gasteiger partial charge in [-0.15, -0.1) is 0 Å². The van der Waals surface area contributed by atoms with Crippen molar-refractivity contribution in [2.75, 3.05) is 20.4 Å². The third-order valence-electron chi connectivity index (χ3n) is 1.30. The summed E-state index contributed by atoms with van der Waals surface area (Å²) >= 11 is 0. The summed E-state index contributed by atoms with van der Waals surface area (Å²) in [5, 5.41) is 0. The van der Waals surface area contributed by atoms with Crippen LogP contribution in [0.3, 0.4) is 0 Å². The molecule has 0 saturated heterocycles. The Morgan fingerprint density at radius 3 is 2.50 bits per heavy atom. The normalized spacial score (nSPS) is 18.7. The zero-order valence-electron chi connectivity index (χ0n) is 7.78. The first-order chi connectivity index (χ1) is 5.49. The smallest absolute Gasteiger partial charge is 0.132 e.